The maximum atomic E-state index is 12.9. The molecular formula is C18H21FN2O4. The lowest BCUT2D eigenvalue weighted by Crippen LogP contribution is -2.53. The molecule has 3 rings (SSSR count). The van der Waals surface area contributed by atoms with Gasteiger partial charge >= 0.3 is 0 Å². The number of halogens is 1. The third-order valence-corrected chi connectivity index (χ3v) is 4.29. The van der Waals surface area contributed by atoms with Crippen LogP contribution in [-0.2, 0) is 6.42 Å². The minimum atomic E-state index is -1.15. The predicted molar refractivity (Wildman–Crippen MR) is 87.9 cm³/mol. The van der Waals surface area contributed by atoms with Gasteiger partial charge in [-0.2, -0.15) is 0 Å². The Morgan fingerprint density at radius 2 is 2.20 bits per heavy atom. The highest BCUT2D eigenvalue weighted by atomic mass is 19.1. The van der Waals surface area contributed by atoms with Crippen molar-refractivity contribution in [1.82, 2.24) is 10.1 Å². The number of hydrogen-bond donors (Lipinski definition) is 1. The summed E-state index contributed by atoms with van der Waals surface area (Å²) >= 11 is 0. The molecule has 1 atom stereocenters. The van der Waals surface area contributed by atoms with Crippen molar-refractivity contribution in [2.75, 3.05) is 19.7 Å². The molecule has 0 radical (unpaired) electrons. The van der Waals surface area contributed by atoms with Crippen molar-refractivity contribution in [2.24, 2.45) is 0 Å². The number of carbonyl (C=O) groups excluding carboxylic acids is 1. The molecule has 1 saturated heterocycles. The third kappa shape index (κ3) is 4.17. The monoisotopic (exact) mass is 348 g/mol. The fourth-order valence-electron chi connectivity index (χ4n) is 2.89. The van der Waals surface area contributed by atoms with E-state index < -0.39 is 5.60 Å². The largest absolute Gasteiger partial charge is 0.491 e. The van der Waals surface area contributed by atoms with E-state index >= 15 is 0 Å². The van der Waals surface area contributed by atoms with E-state index in [1.165, 1.54) is 24.3 Å². The summed E-state index contributed by atoms with van der Waals surface area (Å²) in [5.74, 6) is 0.514. The van der Waals surface area contributed by atoms with Crippen LogP contribution < -0.4 is 4.74 Å². The van der Waals surface area contributed by atoms with E-state index in [4.69, 9.17) is 9.26 Å². The van der Waals surface area contributed by atoms with Crippen LogP contribution in [0.3, 0.4) is 0 Å². The lowest BCUT2D eigenvalue weighted by atomic mass is 9.93. The van der Waals surface area contributed by atoms with Crippen molar-refractivity contribution in [3.63, 3.8) is 0 Å². The number of benzene rings is 1. The Labute approximate surface area is 145 Å². The fourth-order valence-corrected chi connectivity index (χ4v) is 2.89. The first-order valence-corrected chi connectivity index (χ1v) is 8.35. The molecule has 6 nitrogen and oxygen atoms in total. The zero-order valence-corrected chi connectivity index (χ0v) is 14.1. The molecule has 1 aromatic heterocycles. The van der Waals surface area contributed by atoms with Crippen molar-refractivity contribution in [1.29, 1.82) is 0 Å². The Kier molecular flexibility index (Phi) is 5.03. The Morgan fingerprint density at radius 3 is 2.88 bits per heavy atom. The van der Waals surface area contributed by atoms with Crippen LogP contribution in [0.4, 0.5) is 4.39 Å². The number of aryl methyl sites for hydroxylation is 1. The van der Waals surface area contributed by atoms with Gasteiger partial charge in [-0.1, -0.05) is 12.1 Å². The van der Waals surface area contributed by atoms with Gasteiger partial charge < -0.3 is 19.3 Å². The minimum absolute atomic E-state index is 0.0292. The standard InChI is InChI=1S/C18H21FN2O4/c1-2-14-10-16(20-25-14)17(22)21-9-3-8-18(23,11-21)12-24-15-6-4-13(19)5-7-15/h4-7,10,23H,2-3,8-9,11-12H2,1H3. The minimum Gasteiger partial charge on any atom is -0.491 e. The average Bonchev–Trinajstić information content (AvgIpc) is 3.10. The van der Waals surface area contributed by atoms with Gasteiger partial charge in [-0.15, -0.1) is 0 Å². The van der Waals surface area contributed by atoms with Crippen LogP contribution >= 0.6 is 0 Å². The molecule has 1 fully saturated rings. The van der Waals surface area contributed by atoms with Crippen LogP contribution in [0.2, 0.25) is 0 Å². The molecule has 0 bridgehead atoms. The normalized spacial score (nSPS) is 20.5. The molecule has 1 aliphatic rings. The summed E-state index contributed by atoms with van der Waals surface area (Å²) in [6.07, 6.45) is 1.85. The molecule has 2 aromatic rings. The number of aliphatic hydroxyl groups is 1. The van der Waals surface area contributed by atoms with Gasteiger partial charge in [0, 0.05) is 19.0 Å². The highest BCUT2D eigenvalue weighted by Crippen LogP contribution is 2.24. The summed E-state index contributed by atoms with van der Waals surface area (Å²) in [4.78, 5) is 14.1. The zero-order chi connectivity index (χ0) is 17.9. The first kappa shape index (κ1) is 17.4. The molecule has 134 valence electrons. The number of carbonyl (C=O) groups is 1. The molecule has 1 unspecified atom stereocenters. The lowest BCUT2D eigenvalue weighted by Gasteiger charge is -2.38. The topological polar surface area (TPSA) is 75.8 Å². The van der Waals surface area contributed by atoms with Crippen molar-refractivity contribution in [3.05, 3.63) is 47.6 Å². The Hall–Kier alpha value is -2.41. The maximum Gasteiger partial charge on any atom is 0.276 e. The average molecular weight is 348 g/mol. The lowest BCUT2D eigenvalue weighted by molar-refractivity contribution is -0.0533. The SMILES string of the molecule is CCc1cc(C(=O)N2CCCC(O)(COc3ccc(F)cc3)C2)no1. The van der Waals surface area contributed by atoms with Gasteiger partial charge in [-0.3, -0.25) is 4.79 Å². The number of hydrogen-bond acceptors (Lipinski definition) is 5. The third-order valence-electron chi connectivity index (χ3n) is 4.29. The van der Waals surface area contributed by atoms with Crippen LogP contribution in [0.25, 0.3) is 0 Å². The number of ether oxygens (including phenoxy) is 1. The van der Waals surface area contributed by atoms with E-state index in [1.807, 2.05) is 6.92 Å². The number of nitrogens with zero attached hydrogens (tertiary/aromatic N) is 2. The number of aromatic nitrogens is 1. The number of likely N-dealkylation sites (tertiary alicyclic amines) is 1. The van der Waals surface area contributed by atoms with E-state index in [-0.39, 0.29) is 30.6 Å². The first-order chi connectivity index (χ1) is 12.0. The quantitative estimate of drug-likeness (QED) is 0.898. The van der Waals surface area contributed by atoms with Crippen LogP contribution in [-0.4, -0.2) is 46.4 Å². The molecule has 1 amide bonds. The van der Waals surface area contributed by atoms with Gasteiger partial charge in [0.05, 0.1) is 6.54 Å². The van der Waals surface area contributed by atoms with Gasteiger partial charge in [-0.05, 0) is 37.1 Å². The summed E-state index contributed by atoms with van der Waals surface area (Å²) in [7, 11) is 0. The Balaban J connectivity index is 1.62. The van der Waals surface area contributed by atoms with Crippen molar-refractivity contribution in [2.45, 2.75) is 31.8 Å². The second-order valence-corrected chi connectivity index (χ2v) is 6.33. The fraction of sp³-hybridized carbons (Fsp3) is 0.444. The molecule has 2 heterocycles. The van der Waals surface area contributed by atoms with Gasteiger partial charge in [0.15, 0.2) is 5.69 Å². The Bertz CT molecular complexity index is 731. The van der Waals surface area contributed by atoms with Gasteiger partial charge in [0.25, 0.3) is 5.91 Å². The van der Waals surface area contributed by atoms with Crippen molar-refractivity contribution >= 4 is 5.91 Å². The van der Waals surface area contributed by atoms with Gasteiger partial charge in [0.1, 0.15) is 29.5 Å². The summed E-state index contributed by atoms with van der Waals surface area (Å²) in [5.41, 5.74) is -0.903. The van der Waals surface area contributed by atoms with E-state index in [9.17, 15) is 14.3 Å². The van der Waals surface area contributed by atoms with Crippen LogP contribution in [0.15, 0.2) is 34.9 Å². The smallest absolute Gasteiger partial charge is 0.276 e. The highest BCUT2D eigenvalue weighted by Gasteiger charge is 2.37. The highest BCUT2D eigenvalue weighted by molar-refractivity contribution is 5.92. The van der Waals surface area contributed by atoms with Crippen LogP contribution in [0.5, 0.6) is 5.75 Å². The molecule has 1 N–H and O–H groups in total. The number of rotatable bonds is 5. The molecule has 0 spiro atoms. The van der Waals surface area contributed by atoms with Crippen LogP contribution in [0.1, 0.15) is 36.0 Å². The molecule has 25 heavy (non-hydrogen) atoms. The second-order valence-electron chi connectivity index (χ2n) is 6.33. The van der Waals surface area contributed by atoms with E-state index in [0.29, 0.717) is 37.3 Å². The van der Waals surface area contributed by atoms with E-state index in [1.54, 1.807) is 11.0 Å². The second kappa shape index (κ2) is 7.23. The molecular weight excluding hydrogens is 327 g/mol. The zero-order valence-electron chi connectivity index (χ0n) is 14.1. The molecule has 7 heteroatoms. The molecule has 0 aliphatic carbocycles. The summed E-state index contributed by atoms with van der Waals surface area (Å²) in [6, 6.07) is 7.24. The summed E-state index contributed by atoms with van der Waals surface area (Å²) < 4.78 is 23.6. The predicted octanol–water partition coefficient (Wildman–Crippen LogP) is 2.42. The maximum absolute atomic E-state index is 12.9. The molecule has 1 aromatic carbocycles. The number of piperidine rings is 1. The molecule has 1 aliphatic heterocycles. The first-order valence-electron chi connectivity index (χ1n) is 8.35. The van der Waals surface area contributed by atoms with E-state index in [2.05, 4.69) is 5.16 Å². The summed E-state index contributed by atoms with van der Waals surface area (Å²) in [6.45, 7) is 2.65. The Morgan fingerprint density at radius 1 is 1.44 bits per heavy atom. The summed E-state index contributed by atoms with van der Waals surface area (Å²) in [5, 5.41) is 14.6. The van der Waals surface area contributed by atoms with Crippen molar-refractivity contribution in [3.8, 4) is 5.75 Å². The van der Waals surface area contributed by atoms with Crippen molar-refractivity contribution < 1.29 is 23.6 Å². The number of β-amino-alcohol motifs (C(OH)–C–C–N with tert-alkyl or cyclic N) is 1. The van der Waals surface area contributed by atoms with Gasteiger partial charge in [0.2, 0.25) is 0 Å². The number of amides is 1. The van der Waals surface area contributed by atoms with Gasteiger partial charge in [-0.25, -0.2) is 4.39 Å². The molecule has 0 saturated carbocycles. The van der Waals surface area contributed by atoms with Crippen LogP contribution in [0, 0.1) is 5.82 Å². The van der Waals surface area contributed by atoms with E-state index in [0.717, 1.165) is 0 Å².